The fraction of sp³-hybridized carbons (Fsp3) is 0.227. The third kappa shape index (κ3) is 3.82. The largest absolute Gasteiger partial charge is 0.378 e. The van der Waals surface area contributed by atoms with E-state index in [1.165, 1.54) is 6.20 Å². The van der Waals surface area contributed by atoms with E-state index in [-0.39, 0.29) is 5.91 Å². The first kappa shape index (κ1) is 19.1. The molecule has 31 heavy (non-hydrogen) atoms. The van der Waals surface area contributed by atoms with E-state index >= 15 is 0 Å². The number of aryl methyl sites for hydroxylation is 1. The van der Waals surface area contributed by atoms with E-state index < -0.39 is 0 Å². The summed E-state index contributed by atoms with van der Waals surface area (Å²) in [6, 6.07) is 13.1. The molecule has 1 saturated heterocycles. The third-order valence-corrected chi connectivity index (χ3v) is 5.19. The van der Waals surface area contributed by atoms with Crippen LogP contribution in [0, 0.1) is 6.92 Å². The lowest BCUT2D eigenvalue weighted by Crippen LogP contribution is -2.36. The number of imidazole rings is 1. The number of aromatic nitrogens is 5. The summed E-state index contributed by atoms with van der Waals surface area (Å²) >= 11 is 0. The van der Waals surface area contributed by atoms with Crippen molar-refractivity contribution >= 4 is 23.2 Å². The lowest BCUT2D eigenvalue weighted by Gasteiger charge is -2.27. The van der Waals surface area contributed by atoms with Gasteiger partial charge in [0, 0.05) is 30.5 Å². The smallest absolute Gasteiger partial charge is 0.277 e. The zero-order valence-corrected chi connectivity index (χ0v) is 17.0. The van der Waals surface area contributed by atoms with E-state index in [0.29, 0.717) is 30.4 Å². The molecule has 4 aromatic heterocycles. The summed E-state index contributed by atoms with van der Waals surface area (Å²) in [7, 11) is 0. The lowest BCUT2D eigenvalue weighted by molar-refractivity contribution is 0.102. The summed E-state index contributed by atoms with van der Waals surface area (Å²) < 4.78 is 6.94. The van der Waals surface area contributed by atoms with Gasteiger partial charge in [0.25, 0.3) is 5.91 Å². The predicted molar refractivity (Wildman–Crippen MR) is 116 cm³/mol. The Morgan fingerprint density at radius 3 is 2.77 bits per heavy atom. The van der Waals surface area contributed by atoms with Gasteiger partial charge in [0.15, 0.2) is 11.3 Å². The van der Waals surface area contributed by atoms with E-state index in [1.807, 2.05) is 43.3 Å². The van der Waals surface area contributed by atoms with Crippen LogP contribution in [0.25, 0.3) is 16.9 Å². The van der Waals surface area contributed by atoms with Gasteiger partial charge in [0.2, 0.25) is 0 Å². The van der Waals surface area contributed by atoms with Crippen molar-refractivity contribution in [2.75, 3.05) is 36.5 Å². The first-order valence-corrected chi connectivity index (χ1v) is 10.1. The van der Waals surface area contributed by atoms with Crippen LogP contribution in [0.5, 0.6) is 0 Å². The number of nitrogens with one attached hydrogen (secondary N) is 1. The van der Waals surface area contributed by atoms with Gasteiger partial charge >= 0.3 is 0 Å². The summed E-state index contributed by atoms with van der Waals surface area (Å²) in [4.78, 5) is 28.3. The number of pyridine rings is 2. The second kappa shape index (κ2) is 8.11. The molecule has 1 N–H and O–H groups in total. The Hall–Kier alpha value is -3.85. The Morgan fingerprint density at radius 1 is 1.06 bits per heavy atom. The van der Waals surface area contributed by atoms with Gasteiger partial charge in [0.05, 0.1) is 25.1 Å². The molecule has 0 aliphatic carbocycles. The fourth-order valence-corrected chi connectivity index (χ4v) is 3.57. The number of nitrogens with zero attached hydrogens (tertiary/aromatic N) is 6. The van der Waals surface area contributed by atoms with Crippen molar-refractivity contribution in [1.29, 1.82) is 0 Å². The molecule has 5 rings (SSSR count). The Kier molecular flexibility index (Phi) is 5.01. The summed E-state index contributed by atoms with van der Waals surface area (Å²) in [6.07, 6.45) is 3.26. The van der Waals surface area contributed by atoms with Crippen LogP contribution in [-0.4, -0.2) is 56.8 Å². The number of carbonyl (C=O) groups is 1. The molecule has 0 saturated carbocycles. The highest BCUT2D eigenvalue weighted by molar-refractivity contribution is 6.03. The summed E-state index contributed by atoms with van der Waals surface area (Å²) in [6.45, 7) is 4.82. The van der Waals surface area contributed by atoms with Crippen LogP contribution in [0.1, 0.15) is 16.2 Å². The van der Waals surface area contributed by atoms with Crippen LogP contribution in [0.2, 0.25) is 0 Å². The molecule has 1 aliphatic rings. The van der Waals surface area contributed by atoms with Gasteiger partial charge < -0.3 is 15.0 Å². The summed E-state index contributed by atoms with van der Waals surface area (Å²) in [5.41, 5.74) is 3.41. The van der Waals surface area contributed by atoms with E-state index in [0.717, 1.165) is 35.9 Å². The van der Waals surface area contributed by atoms with Gasteiger partial charge in [-0.2, -0.15) is 5.10 Å². The minimum Gasteiger partial charge on any atom is -0.378 e. The van der Waals surface area contributed by atoms with Crippen molar-refractivity contribution in [2.45, 2.75) is 6.92 Å². The van der Waals surface area contributed by atoms with Crippen LogP contribution in [0.4, 0.5) is 11.6 Å². The molecule has 0 aromatic carbocycles. The van der Waals surface area contributed by atoms with Gasteiger partial charge in [-0.25, -0.2) is 14.5 Å². The molecule has 156 valence electrons. The molecule has 9 heteroatoms. The minimum atomic E-state index is -0.327. The van der Waals surface area contributed by atoms with E-state index in [9.17, 15) is 4.79 Å². The number of fused-ring (bicyclic) bond motifs is 1. The number of hydrogen-bond donors (Lipinski definition) is 1. The summed E-state index contributed by atoms with van der Waals surface area (Å²) in [5, 5.41) is 7.50. The van der Waals surface area contributed by atoms with Crippen LogP contribution in [-0.2, 0) is 4.74 Å². The number of rotatable bonds is 4. The Balaban J connectivity index is 1.42. The molecular formula is C22H21N7O2. The molecule has 0 radical (unpaired) electrons. The monoisotopic (exact) mass is 415 g/mol. The van der Waals surface area contributed by atoms with Crippen molar-refractivity contribution in [2.24, 2.45) is 0 Å². The maximum Gasteiger partial charge on any atom is 0.277 e. The minimum absolute atomic E-state index is 0.327. The van der Waals surface area contributed by atoms with Gasteiger partial charge in [-0.1, -0.05) is 6.07 Å². The SMILES string of the molecule is Cc1ncccc1-c1ccc2ncc(C(=O)Nc3cccc(N4CCOCC4)n3)n2n1. The fourth-order valence-electron chi connectivity index (χ4n) is 3.57. The van der Waals surface area contributed by atoms with Gasteiger partial charge in [-0.3, -0.25) is 9.78 Å². The predicted octanol–water partition coefficient (Wildman–Crippen LogP) is 2.58. The number of carbonyl (C=O) groups excluding carboxylic acids is 1. The topological polar surface area (TPSA) is 97.5 Å². The molecule has 0 unspecified atom stereocenters. The Bertz CT molecular complexity index is 1250. The number of amides is 1. The molecule has 1 aliphatic heterocycles. The van der Waals surface area contributed by atoms with Crippen LogP contribution < -0.4 is 10.2 Å². The Morgan fingerprint density at radius 2 is 1.94 bits per heavy atom. The van der Waals surface area contributed by atoms with Gasteiger partial charge in [0.1, 0.15) is 11.6 Å². The van der Waals surface area contributed by atoms with Crippen molar-refractivity contribution in [3.8, 4) is 11.3 Å². The molecule has 4 aromatic rings. The molecule has 0 bridgehead atoms. The molecule has 1 fully saturated rings. The number of hydrogen-bond acceptors (Lipinski definition) is 7. The zero-order valence-electron chi connectivity index (χ0n) is 17.0. The highest BCUT2D eigenvalue weighted by atomic mass is 16.5. The number of anilines is 2. The van der Waals surface area contributed by atoms with Crippen molar-refractivity contribution in [1.82, 2.24) is 24.6 Å². The highest BCUT2D eigenvalue weighted by Crippen LogP contribution is 2.21. The van der Waals surface area contributed by atoms with Crippen molar-refractivity contribution in [3.63, 3.8) is 0 Å². The number of morpholine rings is 1. The van der Waals surface area contributed by atoms with Gasteiger partial charge in [-0.15, -0.1) is 0 Å². The van der Waals surface area contributed by atoms with Crippen molar-refractivity contribution in [3.05, 3.63) is 66.2 Å². The van der Waals surface area contributed by atoms with E-state index in [1.54, 1.807) is 16.8 Å². The van der Waals surface area contributed by atoms with E-state index in [4.69, 9.17) is 4.74 Å². The molecule has 5 heterocycles. The normalized spacial score (nSPS) is 14.0. The molecule has 9 nitrogen and oxygen atoms in total. The first-order valence-electron chi connectivity index (χ1n) is 10.1. The van der Waals surface area contributed by atoms with Gasteiger partial charge in [-0.05, 0) is 43.3 Å². The average molecular weight is 415 g/mol. The van der Waals surface area contributed by atoms with Crippen molar-refractivity contribution < 1.29 is 9.53 Å². The maximum atomic E-state index is 13.0. The lowest BCUT2D eigenvalue weighted by atomic mass is 10.1. The standard InChI is InChI=1S/C22H21N7O2/c1-15-16(4-3-9-23-15)17-7-8-20-24-14-18(29(20)27-17)22(30)26-19-5-2-6-21(25-19)28-10-12-31-13-11-28/h2-9,14H,10-13H2,1H3,(H,25,26,30). The summed E-state index contributed by atoms with van der Waals surface area (Å²) in [5.74, 6) is 0.960. The average Bonchev–Trinajstić information content (AvgIpc) is 3.24. The second-order valence-electron chi connectivity index (χ2n) is 7.20. The quantitative estimate of drug-likeness (QED) is 0.547. The maximum absolute atomic E-state index is 13.0. The Labute approximate surface area is 178 Å². The second-order valence-corrected chi connectivity index (χ2v) is 7.20. The first-order chi connectivity index (χ1) is 15.2. The molecular weight excluding hydrogens is 394 g/mol. The molecule has 1 amide bonds. The molecule has 0 spiro atoms. The van der Waals surface area contributed by atoms with E-state index in [2.05, 4.69) is 30.3 Å². The third-order valence-electron chi connectivity index (χ3n) is 5.19. The molecule has 0 atom stereocenters. The van der Waals surface area contributed by atoms with Crippen LogP contribution >= 0.6 is 0 Å². The highest BCUT2D eigenvalue weighted by Gasteiger charge is 2.17. The zero-order chi connectivity index (χ0) is 21.2. The number of ether oxygens (including phenoxy) is 1. The van der Waals surface area contributed by atoms with Crippen LogP contribution in [0.3, 0.4) is 0 Å². The van der Waals surface area contributed by atoms with Crippen LogP contribution in [0.15, 0.2) is 54.9 Å².